The van der Waals surface area contributed by atoms with E-state index in [0.29, 0.717) is 30.3 Å². The number of rotatable bonds is 10. The van der Waals surface area contributed by atoms with Crippen molar-refractivity contribution in [2.75, 3.05) is 26.2 Å². The van der Waals surface area contributed by atoms with E-state index < -0.39 is 0 Å². The average Bonchev–Trinajstić information content (AvgIpc) is 3.17. The van der Waals surface area contributed by atoms with E-state index in [1.165, 1.54) is 43.4 Å². The Balaban J connectivity index is 1.59. The predicted molar refractivity (Wildman–Crippen MR) is 103 cm³/mol. The number of nitrogens with zero attached hydrogens (tertiary/aromatic N) is 1. The van der Waals surface area contributed by atoms with Crippen LogP contribution in [0.4, 0.5) is 0 Å². The molecule has 1 fully saturated rings. The van der Waals surface area contributed by atoms with Gasteiger partial charge in [-0.15, -0.1) is 11.3 Å². The van der Waals surface area contributed by atoms with Crippen LogP contribution in [0.3, 0.4) is 0 Å². The van der Waals surface area contributed by atoms with E-state index >= 15 is 0 Å². The van der Waals surface area contributed by atoms with Gasteiger partial charge in [0.1, 0.15) is 0 Å². The largest absolute Gasteiger partial charge is 0.355 e. The summed E-state index contributed by atoms with van der Waals surface area (Å²) in [7, 11) is 0. The summed E-state index contributed by atoms with van der Waals surface area (Å²) in [6, 6.07) is 4.16. The molecule has 1 aromatic rings. The third kappa shape index (κ3) is 7.16. The first-order valence-electron chi connectivity index (χ1n) is 9.53. The Hall–Kier alpha value is -1.40. The van der Waals surface area contributed by atoms with Crippen LogP contribution in [-0.2, 0) is 4.79 Å². The smallest absolute Gasteiger partial charge is 0.261 e. The van der Waals surface area contributed by atoms with Gasteiger partial charge >= 0.3 is 0 Å². The number of piperidine rings is 1. The van der Waals surface area contributed by atoms with E-state index in [9.17, 15) is 9.59 Å². The molecule has 1 aliphatic heterocycles. The van der Waals surface area contributed by atoms with E-state index in [0.717, 1.165) is 19.6 Å². The second-order valence-corrected chi connectivity index (χ2v) is 7.63. The molecule has 2 rings (SSSR count). The van der Waals surface area contributed by atoms with Crippen molar-refractivity contribution >= 4 is 23.2 Å². The Morgan fingerprint density at radius 3 is 2.92 bits per heavy atom. The maximum absolute atomic E-state index is 12.0. The van der Waals surface area contributed by atoms with Crippen LogP contribution in [0.15, 0.2) is 17.5 Å². The minimum absolute atomic E-state index is 0.0517. The number of amides is 2. The van der Waals surface area contributed by atoms with Gasteiger partial charge in [-0.1, -0.05) is 25.8 Å². The van der Waals surface area contributed by atoms with Gasteiger partial charge in [0.2, 0.25) is 5.91 Å². The van der Waals surface area contributed by atoms with Crippen molar-refractivity contribution in [3.05, 3.63) is 22.4 Å². The lowest BCUT2D eigenvalue weighted by Gasteiger charge is -2.35. The molecule has 0 bridgehead atoms. The standard InChI is InChI=1S/C19H31N3O2S/c1-2-3-12-22-13-5-4-8-16(22)15-21-18(23)10-6-11-20-19(24)17-9-7-14-25-17/h7,9,14,16H,2-6,8,10-13,15H2,1H3,(H,20,24)(H,21,23). The van der Waals surface area contributed by atoms with Gasteiger partial charge < -0.3 is 10.6 Å². The number of nitrogens with one attached hydrogen (secondary N) is 2. The number of thiophene rings is 1. The summed E-state index contributed by atoms with van der Waals surface area (Å²) in [5, 5.41) is 7.83. The number of likely N-dealkylation sites (tertiary alicyclic amines) is 1. The molecule has 1 unspecified atom stereocenters. The van der Waals surface area contributed by atoms with Crippen LogP contribution < -0.4 is 10.6 Å². The van der Waals surface area contributed by atoms with Crippen LogP contribution in [0.25, 0.3) is 0 Å². The van der Waals surface area contributed by atoms with Crippen LogP contribution in [0, 0.1) is 0 Å². The Bertz CT molecular complexity index is 519. The number of hydrogen-bond acceptors (Lipinski definition) is 4. The molecular formula is C19H31N3O2S. The molecule has 6 heteroatoms. The molecule has 0 aromatic carbocycles. The Kier molecular flexibility index (Phi) is 8.97. The first kappa shape index (κ1) is 19.9. The van der Waals surface area contributed by atoms with Gasteiger partial charge in [0, 0.05) is 25.6 Å². The van der Waals surface area contributed by atoms with E-state index in [1.807, 2.05) is 11.4 Å². The van der Waals surface area contributed by atoms with Gasteiger partial charge in [0.25, 0.3) is 5.91 Å². The van der Waals surface area contributed by atoms with E-state index in [-0.39, 0.29) is 11.8 Å². The zero-order valence-electron chi connectivity index (χ0n) is 15.3. The molecule has 2 amide bonds. The Morgan fingerprint density at radius 1 is 1.28 bits per heavy atom. The molecule has 140 valence electrons. The highest BCUT2D eigenvalue weighted by molar-refractivity contribution is 7.12. The zero-order chi connectivity index (χ0) is 17.9. The quantitative estimate of drug-likeness (QED) is 0.627. The summed E-state index contributed by atoms with van der Waals surface area (Å²) in [5.41, 5.74) is 0. The molecule has 1 saturated heterocycles. The molecule has 0 aliphatic carbocycles. The van der Waals surface area contributed by atoms with Gasteiger partial charge in [-0.25, -0.2) is 0 Å². The van der Waals surface area contributed by atoms with Crippen molar-refractivity contribution in [1.29, 1.82) is 0 Å². The number of carbonyl (C=O) groups excluding carboxylic acids is 2. The highest BCUT2D eigenvalue weighted by Crippen LogP contribution is 2.17. The lowest BCUT2D eigenvalue weighted by atomic mass is 10.0. The summed E-state index contributed by atoms with van der Waals surface area (Å²) < 4.78 is 0. The van der Waals surface area contributed by atoms with Gasteiger partial charge in [-0.2, -0.15) is 0 Å². The minimum atomic E-state index is -0.0517. The van der Waals surface area contributed by atoms with E-state index in [2.05, 4.69) is 22.5 Å². The van der Waals surface area contributed by atoms with Gasteiger partial charge in [0.05, 0.1) is 4.88 Å². The molecule has 1 aromatic heterocycles. The Labute approximate surface area is 155 Å². The predicted octanol–water partition coefficient (Wildman–Crippen LogP) is 3.03. The molecule has 2 heterocycles. The lowest BCUT2D eigenvalue weighted by molar-refractivity contribution is -0.121. The third-order valence-electron chi connectivity index (χ3n) is 4.69. The van der Waals surface area contributed by atoms with Crippen LogP contribution in [0.5, 0.6) is 0 Å². The first-order valence-corrected chi connectivity index (χ1v) is 10.4. The molecule has 0 radical (unpaired) electrons. The highest BCUT2D eigenvalue weighted by Gasteiger charge is 2.22. The minimum Gasteiger partial charge on any atom is -0.355 e. The summed E-state index contributed by atoms with van der Waals surface area (Å²) in [6.45, 7) is 5.82. The molecule has 0 spiro atoms. The fourth-order valence-electron chi connectivity index (χ4n) is 3.21. The van der Waals surface area contributed by atoms with Gasteiger partial charge in [-0.05, 0) is 50.2 Å². The second kappa shape index (κ2) is 11.3. The lowest BCUT2D eigenvalue weighted by Crippen LogP contribution is -2.47. The van der Waals surface area contributed by atoms with E-state index in [4.69, 9.17) is 0 Å². The van der Waals surface area contributed by atoms with Crippen LogP contribution in [-0.4, -0.2) is 48.9 Å². The summed E-state index contributed by atoms with van der Waals surface area (Å²) in [5.74, 6) is 0.0376. The number of unbranched alkanes of at least 4 members (excludes halogenated alkanes) is 1. The van der Waals surface area contributed by atoms with Crippen LogP contribution in [0.2, 0.25) is 0 Å². The monoisotopic (exact) mass is 365 g/mol. The van der Waals surface area contributed by atoms with E-state index in [1.54, 1.807) is 6.07 Å². The molecule has 5 nitrogen and oxygen atoms in total. The third-order valence-corrected chi connectivity index (χ3v) is 5.56. The topological polar surface area (TPSA) is 61.4 Å². The molecular weight excluding hydrogens is 334 g/mol. The number of carbonyl (C=O) groups is 2. The summed E-state index contributed by atoms with van der Waals surface area (Å²) >= 11 is 1.43. The Morgan fingerprint density at radius 2 is 2.16 bits per heavy atom. The SMILES string of the molecule is CCCCN1CCCCC1CNC(=O)CCCNC(=O)c1cccs1. The number of hydrogen-bond donors (Lipinski definition) is 2. The van der Waals surface area contributed by atoms with Crippen LogP contribution in [0.1, 0.15) is 61.5 Å². The molecule has 2 N–H and O–H groups in total. The average molecular weight is 366 g/mol. The zero-order valence-corrected chi connectivity index (χ0v) is 16.1. The van der Waals surface area contributed by atoms with Crippen LogP contribution >= 0.6 is 11.3 Å². The van der Waals surface area contributed by atoms with Gasteiger partial charge in [-0.3, -0.25) is 14.5 Å². The molecule has 0 saturated carbocycles. The summed E-state index contributed by atoms with van der Waals surface area (Å²) in [6.07, 6.45) is 7.30. The second-order valence-electron chi connectivity index (χ2n) is 6.68. The van der Waals surface area contributed by atoms with Crippen molar-refractivity contribution in [1.82, 2.24) is 15.5 Å². The maximum Gasteiger partial charge on any atom is 0.261 e. The molecule has 25 heavy (non-hydrogen) atoms. The highest BCUT2D eigenvalue weighted by atomic mass is 32.1. The fourth-order valence-corrected chi connectivity index (χ4v) is 3.85. The molecule has 1 aliphatic rings. The van der Waals surface area contributed by atoms with Crippen molar-refractivity contribution < 1.29 is 9.59 Å². The normalized spacial score (nSPS) is 18.0. The maximum atomic E-state index is 12.0. The van der Waals surface area contributed by atoms with Gasteiger partial charge in [0.15, 0.2) is 0 Å². The summed E-state index contributed by atoms with van der Waals surface area (Å²) in [4.78, 5) is 27.1. The van der Waals surface area contributed by atoms with Crippen molar-refractivity contribution in [3.63, 3.8) is 0 Å². The first-order chi connectivity index (χ1) is 12.2. The van der Waals surface area contributed by atoms with Crippen molar-refractivity contribution in [3.8, 4) is 0 Å². The fraction of sp³-hybridized carbons (Fsp3) is 0.684. The van der Waals surface area contributed by atoms with Crippen molar-refractivity contribution in [2.45, 2.75) is 57.9 Å². The molecule has 1 atom stereocenters. The van der Waals surface area contributed by atoms with Crippen molar-refractivity contribution in [2.24, 2.45) is 0 Å².